The molecular formula is C10H15N5. The van der Waals surface area contributed by atoms with Gasteiger partial charge in [0.25, 0.3) is 0 Å². The second-order valence-corrected chi connectivity index (χ2v) is 4.10. The fourth-order valence-electron chi connectivity index (χ4n) is 2.01. The summed E-state index contributed by atoms with van der Waals surface area (Å²) in [6.45, 7) is 3.93. The van der Waals surface area contributed by atoms with Crippen molar-refractivity contribution in [1.82, 2.24) is 15.3 Å². The van der Waals surface area contributed by atoms with Gasteiger partial charge in [-0.25, -0.2) is 4.98 Å². The number of nitrogens with zero attached hydrogens (tertiary/aromatic N) is 3. The van der Waals surface area contributed by atoms with E-state index in [1.54, 1.807) is 0 Å². The smallest absolute Gasteiger partial charge is 0.227 e. The summed E-state index contributed by atoms with van der Waals surface area (Å²) < 4.78 is 0. The molecule has 2 aliphatic rings. The van der Waals surface area contributed by atoms with Crippen molar-refractivity contribution in [3.05, 3.63) is 11.3 Å². The third-order valence-corrected chi connectivity index (χ3v) is 3.09. The molecule has 0 atom stereocenters. The predicted molar refractivity (Wildman–Crippen MR) is 58.7 cm³/mol. The summed E-state index contributed by atoms with van der Waals surface area (Å²) in [5.41, 5.74) is 8.16. The Morgan fingerprint density at radius 2 is 2.13 bits per heavy atom. The van der Waals surface area contributed by atoms with Crippen LogP contribution in [0.25, 0.3) is 0 Å². The summed E-state index contributed by atoms with van der Waals surface area (Å²) >= 11 is 0. The Morgan fingerprint density at radius 3 is 2.87 bits per heavy atom. The molecule has 1 aromatic rings. The maximum Gasteiger partial charge on any atom is 0.227 e. The van der Waals surface area contributed by atoms with Crippen LogP contribution in [0.4, 0.5) is 11.8 Å². The molecule has 1 saturated heterocycles. The molecule has 0 amide bonds. The lowest BCUT2D eigenvalue weighted by Crippen LogP contribution is -2.39. The van der Waals surface area contributed by atoms with Crippen molar-refractivity contribution in [1.29, 1.82) is 0 Å². The van der Waals surface area contributed by atoms with Gasteiger partial charge < -0.3 is 16.0 Å². The molecule has 3 N–H and O–H groups in total. The lowest BCUT2D eigenvalue weighted by atomic mass is 10.1. The minimum atomic E-state index is 0.647. The van der Waals surface area contributed by atoms with Gasteiger partial charge in [-0.2, -0.15) is 4.98 Å². The van der Waals surface area contributed by atoms with Crippen LogP contribution in [0.2, 0.25) is 0 Å². The largest absolute Gasteiger partial charge is 0.383 e. The Labute approximate surface area is 88.7 Å². The second-order valence-electron chi connectivity index (χ2n) is 4.10. The van der Waals surface area contributed by atoms with Crippen LogP contribution in [-0.4, -0.2) is 29.6 Å². The van der Waals surface area contributed by atoms with Crippen LogP contribution in [0, 0.1) is 0 Å². The molecular weight excluding hydrogens is 190 g/mol. The number of nitrogen functional groups attached to an aromatic ring is 1. The Hall–Kier alpha value is -1.36. The van der Waals surface area contributed by atoms with Crippen molar-refractivity contribution < 1.29 is 0 Å². The van der Waals surface area contributed by atoms with Crippen molar-refractivity contribution in [3.63, 3.8) is 0 Å². The number of fused-ring (bicyclic) bond motifs is 1. The lowest BCUT2D eigenvalue weighted by Gasteiger charge is -2.32. The summed E-state index contributed by atoms with van der Waals surface area (Å²) in [4.78, 5) is 11.1. The van der Waals surface area contributed by atoms with E-state index in [2.05, 4.69) is 20.2 Å². The molecule has 0 aromatic carbocycles. The number of aromatic nitrogens is 2. The summed E-state index contributed by atoms with van der Waals surface area (Å²) in [7, 11) is 0. The number of nitrogens with two attached hydrogens (primary N) is 1. The first-order chi connectivity index (χ1) is 7.34. The van der Waals surface area contributed by atoms with Gasteiger partial charge in [0.15, 0.2) is 0 Å². The first-order valence-corrected chi connectivity index (χ1v) is 5.45. The molecule has 3 heterocycles. The maximum atomic E-state index is 5.94. The molecule has 2 aliphatic heterocycles. The van der Waals surface area contributed by atoms with Crippen molar-refractivity contribution in [3.8, 4) is 0 Å². The van der Waals surface area contributed by atoms with Crippen molar-refractivity contribution in [2.75, 3.05) is 30.3 Å². The maximum absolute atomic E-state index is 5.94. The zero-order valence-corrected chi connectivity index (χ0v) is 8.66. The number of hydrogen-bond acceptors (Lipinski definition) is 5. The van der Waals surface area contributed by atoms with Gasteiger partial charge in [-0.15, -0.1) is 0 Å². The van der Waals surface area contributed by atoms with E-state index in [4.69, 9.17) is 5.73 Å². The molecule has 0 radical (unpaired) electrons. The van der Waals surface area contributed by atoms with E-state index in [9.17, 15) is 0 Å². The highest BCUT2D eigenvalue weighted by Crippen LogP contribution is 2.23. The number of hydrogen-bond donors (Lipinski definition) is 2. The zero-order valence-electron chi connectivity index (χ0n) is 8.66. The average Bonchev–Trinajstić information content (AvgIpc) is 2.15. The van der Waals surface area contributed by atoms with Gasteiger partial charge in [-0.1, -0.05) is 0 Å². The van der Waals surface area contributed by atoms with Crippen LogP contribution in [0.3, 0.4) is 0 Å². The highest BCUT2D eigenvalue weighted by molar-refractivity contribution is 5.49. The minimum Gasteiger partial charge on any atom is -0.383 e. The number of rotatable bonds is 1. The van der Waals surface area contributed by atoms with E-state index in [1.165, 1.54) is 6.42 Å². The van der Waals surface area contributed by atoms with E-state index in [-0.39, 0.29) is 0 Å². The van der Waals surface area contributed by atoms with Gasteiger partial charge in [-0.05, 0) is 6.42 Å². The predicted octanol–water partition coefficient (Wildman–Crippen LogP) is -0.0854. The van der Waals surface area contributed by atoms with Crippen molar-refractivity contribution in [2.45, 2.75) is 19.4 Å². The molecule has 15 heavy (non-hydrogen) atoms. The van der Waals surface area contributed by atoms with Gasteiger partial charge in [0, 0.05) is 38.2 Å². The molecule has 80 valence electrons. The van der Waals surface area contributed by atoms with E-state index in [0.29, 0.717) is 5.82 Å². The van der Waals surface area contributed by atoms with Crippen molar-refractivity contribution in [2.24, 2.45) is 0 Å². The highest BCUT2D eigenvalue weighted by atomic mass is 15.3. The highest BCUT2D eigenvalue weighted by Gasteiger charge is 2.21. The minimum absolute atomic E-state index is 0.647. The summed E-state index contributed by atoms with van der Waals surface area (Å²) in [5, 5.41) is 3.28. The Morgan fingerprint density at radius 1 is 1.27 bits per heavy atom. The van der Waals surface area contributed by atoms with Gasteiger partial charge in [0.1, 0.15) is 5.82 Å². The van der Waals surface area contributed by atoms with Gasteiger partial charge >= 0.3 is 0 Å². The fourth-order valence-corrected chi connectivity index (χ4v) is 2.01. The number of anilines is 2. The topological polar surface area (TPSA) is 67.1 Å². The third-order valence-electron chi connectivity index (χ3n) is 3.09. The summed E-state index contributed by atoms with van der Waals surface area (Å²) in [6, 6.07) is 0. The Bertz CT molecular complexity index is 386. The summed E-state index contributed by atoms with van der Waals surface area (Å²) in [5.74, 6) is 1.47. The Kier molecular flexibility index (Phi) is 1.98. The molecule has 0 saturated carbocycles. The van der Waals surface area contributed by atoms with E-state index >= 15 is 0 Å². The van der Waals surface area contributed by atoms with Crippen LogP contribution in [0.5, 0.6) is 0 Å². The SMILES string of the molecule is Nc1nc(N2CCC2)nc2c1CNCC2. The molecule has 1 aromatic heterocycles. The molecule has 0 bridgehead atoms. The normalized spacial score (nSPS) is 19.6. The molecule has 5 heteroatoms. The molecule has 1 fully saturated rings. The molecule has 3 rings (SSSR count). The van der Waals surface area contributed by atoms with Crippen LogP contribution >= 0.6 is 0 Å². The van der Waals surface area contributed by atoms with Gasteiger partial charge in [0.2, 0.25) is 5.95 Å². The fraction of sp³-hybridized carbons (Fsp3) is 0.600. The monoisotopic (exact) mass is 205 g/mol. The van der Waals surface area contributed by atoms with E-state index in [1.807, 2.05) is 0 Å². The first kappa shape index (κ1) is 8.91. The molecule has 5 nitrogen and oxygen atoms in total. The Balaban J connectivity index is 2.00. The standard InChI is InChI=1S/C10H15N5/c11-9-7-6-12-3-2-8(7)13-10(14-9)15-4-1-5-15/h12H,1-6H2,(H2,11,13,14). The molecule has 0 spiro atoms. The molecule has 0 unspecified atom stereocenters. The van der Waals surface area contributed by atoms with Gasteiger partial charge in [0.05, 0.1) is 5.69 Å². The van der Waals surface area contributed by atoms with E-state index < -0.39 is 0 Å². The number of nitrogens with one attached hydrogen (secondary N) is 1. The quantitative estimate of drug-likeness (QED) is 0.671. The van der Waals surface area contributed by atoms with Crippen LogP contribution in [-0.2, 0) is 13.0 Å². The van der Waals surface area contributed by atoms with Crippen molar-refractivity contribution >= 4 is 11.8 Å². The second kappa shape index (κ2) is 3.34. The zero-order chi connectivity index (χ0) is 10.3. The third kappa shape index (κ3) is 1.43. The lowest BCUT2D eigenvalue weighted by molar-refractivity contribution is 0.586. The van der Waals surface area contributed by atoms with E-state index in [0.717, 1.165) is 49.8 Å². The van der Waals surface area contributed by atoms with Gasteiger partial charge in [-0.3, -0.25) is 0 Å². The van der Waals surface area contributed by atoms with Crippen LogP contribution < -0.4 is 16.0 Å². The molecule has 0 aliphatic carbocycles. The average molecular weight is 205 g/mol. The van der Waals surface area contributed by atoms with Crippen LogP contribution in [0.15, 0.2) is 0 Å². The summed E-state index contributed by atoms with van der Waals surface area (Å²) in [6.07, 6.45) is 2.20. The first-order valence-electron chi connectivity index (χ1n) is 5.45. The van der Waals surface area contributed by atoms with Crippen LogP contribution in [0.1, 0.15) is 17.7 Å².